The smallest absolute Gasteiger partial charge is 0.296 e. The normalized spacial score (nSPS) is 24.1. The van der Waals surface area contributed by atoms with Crippen LogP contribution < -0.4 is 10.2 Å². The summed E-state index contributed by atoms with van der Waals surface area (Å²) in [6.45, 7) is 0.789. The lowest BCUT2D eigenvalue weighted by Crippen LogP contribution is -2.37. The van der Waals surface area contributed by atoms with Gasteiger partial charge in [-0.2, -0.15) is 0 Å². The maximum Gasteiger partial charge on any atom is 0.296 e. The second-order valence-electron chi connectivity index (χ2n) is 5.50. The third-order valence-corrected chi connectivity index (χ3v) is 4.24. The van der Waals surface area contributed by atoms with Gasteiger partial charge in [-0.15, -0.1) is 0 Å². The highest BCUT2D eigenvalue weighted by molar-refractivity contribution is 6.52. The van der Waals surface area contributed by atoms with E-state index in [1.54, 1.807) is 12.1 Å². The van der Waals surface area contributed by atoms with Gasteiger partial charge in [-0.25, -0.2) is 0 Å². The molecule has 20 heavy (non-hydrogen) atoms. The maximum atomic E-state index is 11.6. The first-order chi connectivity index (χ1) is 9.45. The molecule has 0 atom stereocenters. The summed E-state index contributed by atoms with van der Waals surface area (Å²) in [4.78, 5) is 24.9. The minimum absolute atomic E-state index is 0.180. The number of nitrogens with one attached hydrogen (secondary N) is 1. The van der Waals surface area contributed by atoms with Gasteiger partial charge in [-0.05, 0) is 30.9 Å². The van der Waals surface area contributed by atoms with E-state index in [1.165, 1.54) is 0 Å². The number of carbonyl (C=O) groups is 2. The van der Waals surface area contributed by atoms with Crippen molar-refractivity contribution in [2.75, 3.05) is 23.8 Å². The Kier molecular flexibility index (Phi) is 3.18. The molecule has 1 aliphatic heterocycles. The molecule has 1 fully saturated rings. The Bertz CT molecular complexity index is 596. The van der Waals surface area contributed by atoms with Crippen molar-refractivity contribution in [1.29, 1.82) is 0 Å². The van der Waals surface area contributed by atoms with Crippen LogP contribution in [0.2, 0.25) is 5.02 Å². The summed E-state index contributed by atoms with van der Waals surface area (Å²) in [6.07, 6.45) is 1.44. The molecule has 5 nitrogen and oxygen atoms in total. The summed E-state index contributed by atoms with van der Waals surface area (Å²) in [5.74, 6) is -0.702. The number of aliphatic hydroxyl groups excluding tert-OH is 1. The zero-order valence-electron chi connectivity index (χ0n) is 11.0. The van der Waals surface area contributed by atoms with Crippen molar-refractivity contribution in [1.82, 2.24) is 0 Å². The molecule has 2 N–H and O–H groups in total. The van der Waals surface area contributed by atoms with E-state index < -0.39 is 11.7 Å². The molecule has 1 heterocycles. The summed E-state index contributed by atoms with van der Waals surface area (Å²) >= 11 is 6.21. The number of hydrogen-bond donors (Lipinski definition) is 2. The number of ketones is 1. The molecule has 6 heteroatoms. The van der Waals surface area contributed by atoms with Crippen LogP contribution in [0.4, 0.5) is 11.4 Å². The van der Waals surface area contributed by atoms with Gasteiger partial charge >= 0.3 is 0 Å². The lowest BCUT2D eigenvalue weighted by Gasteiger charge is -2.35. The van der Waals surface area contributed by atoms with Gasteiger partial charge in [-0.1, -0.05) is 11.6 Å². The predicted octanol–water partition coefficient (Wildman–Crippen LogP) is 1.68. The number of anilines is 2. The van der Waals surface area contributed by atoms with Crippen LogP contribution in [0.1, 0.15) is 23.2 Å². The van der Waals surface area contributed by atoms with Crippen LogP contribution in [0.3, 0.4) is 0 Å². The first-order valence-electron chi connectivity index (χ1n) is 6.54. The van der Waals surface area contributed by atoms with Gasteiger partial charge in [0.2, 0.25) is 0 Å². The highest BCUT2D eigenvalue weighted by atomic mass is 35.5. The topological polar surface area (TPSA) is 69.6 Å². The molecule has 0 aromatic heterocycles. The number of Topliss-reactive ketones (excluding diaryl/α,β-unsaturated/α-hetero) is 1. The van der Waals surface area contributed by atoms with Crippen LogP contribution in [0, 0.1) is 5.92 Å². The summed E-state index contributed by atoms with van der Waals surface area (Å²) < 4.78 is 0. The van der Waals surface area contributed by atoms with E-state index in [4.69, 9.17) is 11.6 Å². The molecular weight excluding hydrogens is 280 g/mol. The standard InChI is InChI=1S/C14H15ClN2O3/c1-17(6-7-2-8(18)3-7)12-5-11-9(4-10(12)15)13(19)14(20)16-11/h4-5,7-8,18H,2-3,6H2,1H3,(H,16,19,20). The van der Waals surface area contributed by atoms with Crippen molar-refractivity contribution in [2.24, 2.45) is 5.92 Å². The van der Waals surface area contributed by atoms with Crippen molar-refractivity contribution in [2.45, 2.75) is 18.9 Å². The third kappa shape index (κ3) is 2.17. The van der Waals surface area contributed by atoms with Gasteiger partial charge in [0.05, 0.1) is 28.1 Å². The highest BCUT2D eigenvalue weighted by Crippen LogP contribution is 2.36. The number of benzene rings is 1. The summed E-state index contributed by atoms with van der Waals surface area (Å²) in [5, 5.41) is 12.3. The third-order valence-electron chi connectivity index (χ3n) is 3.94. The monoisotopic (exact) mass is 294 g/mol. The number of nitrogens with zero attached hydrogens (tertiary/aromatic N) is 1. The molecule has 1 aliphatic carbocycles. The molecular formula is C14H15ClN2O3. The molecule has 1 aromatic carbocycles. The Morgan fingerprint density at radius 2 is 2.10 bits per heavy atom. The maximum absolute atomic E-state index is 11.6. The Labute approximate surface area is 121 Å². The number of hydrogen-bond acceptors (Lipinski definition) is 4. The van der Waals surface area contributed by atoms with Crippen molar-refractivity contribution in [3.63, 3.8) is 0 Å². The van der Waals surface area contributed by atoms with Gasteiger partial charge in [0.15, 0.2) is 0 Å². The van der Waals surface area contributed by atoms with Gasteiger partial charge in [0, 0.05) is 13.6 Å². The fraction of sp³-hybridized carbons (Fsp3) is 0.429. The zero-order chi connectivity index (χ0) is 14.4. The molecule has 106 valence electrons. The molecule has 0 unspecified atom stereocenters. The summed E-state index contributed by atoms with van der Waals surface area (Å²) in [6, 6.07) is 3.27. The van der Waals surface area contributed by atoms with Crippen LogP contribution in [-0.4, -0.2) is 36.5 Å². The van der Waals surface area contributed by atoms with E-state index in [0.717, 1.165) is 25.1 Å². The van der Waals surface area contributed by atoms with Gasteiger partial charge in [0.25, 0.3) is 11.7 Å². The second kappa shape index (κ2) is 4.75. The molecule has 2 aliphatic rings. The van der Waals surface area contributed by atoms with Crippen molar-refractivity contribution < 1.29 is 14.7 Å². The van der Waals surface area contributed by atoms with E-state index >= 15 is 0 Å². The number of fused-ring (bicyclic) bond motifs is 1. The Morgan fingerprint density at radius 3 is 2.75 bits per heavy atom. The van der Waals surface area contributed by atoms with E-state index in [0.29, 0.717) is 22.2 Å². The van der Waals surface area contributed by atoms with Crippen LogP contribution >= 0.6 is 11.6 Å². The number of carbonyl (C=O) groups excluding carboxylic acids is 2. The fourth-order valence-electron chi connectivity index (χ4n) is 2.78. The molecule has 0 saturated heterocycles. The number of halogens is 1. The van der Waals surface area contributed by atoms with Gasteiger partial charge in [0.1, 0.15) is 0 Å². The van der Waals surface area contributed by atoms with Gasteiger partial charge in [-0.3, -0.25) is 9.59 Å². The summed E-state index contributed by atoms with van der Waals surface area (Å²) in [5.41, 5.74) is 1.62. The minimum Gasteiger partial charge on any atom is -0.393 e. The van der Waals surface area contributed by atoms with Crippen LogP contribution in [-0.2, 0) is 4.79 Å². The SMILES string of the molecule is CN(CC1CC(O)C1)c1cc2c(cc1Cl)C(=O)C(=O)N2. The number of amides is 1. The molecule has 1 aromatic rings. The Balaban J connectivity index is 1.82. The fourth-order valence-corrected chi connectivity index (χ4v) is 3.09. The first-order valence-corrected chi connectivity index (χ1v) is 6.92. The minimum atomic E-state index is -0.613. The molecule has 0 radical (unpaired) electrons. The zero-order valence-corrected chi connectivity index (χ0v) is 11.8. The van der Waals surface area contributed by atoms with E-state index in [2.05, 4.69) is 5.32 Å². The first kappa shape index (κ1) is 13.4. The summed E-state index contributed by atoms with van der Waals surface area (Å²) in [7, 11) is 1.91. The van der Waals surface area contributed by atoms with Crippen LogP contribution in [0.25, 0.3) is 0 Å². The van der Waals surface area contributed by atoms with Crippen LogP contribution in [0.15, 0.2) is 12.1 Å². The Morgan fingerprint density at radius 1 is 1.40 bits per heavy atom. The predicted molar refractivity (Wildman–Crippen MR) is 76.4 cm³/mol. The van der Waals surface area contributed by atoms with Gasteiger partial charge < -0.3 is 15.3 Å². The van der Waals surface area contributed by atoms with E-state index in [9.17, 15) is 14.7 Å². The average Bonchev–Trinajstić information content (AvgIpc) is 2.63. The Hall–Kier alpha value is -1.59. The largest absolute Gasteiger partial charge is 0.393 e. The molecule has 3 rings (SSSR count). The lowest BCUT2D eigenvalue weighted by molar-refractivity contribution is -0.112. The number of rotatable bonds is 3. The van der Waals surface area contributed by atoms with Crippen molar-refractivity contribution in [3.05, 3.63) is 22.7 Å². The van der Waals surface area contributed by atoms with Crippen LogP contribution in [0.5, 0.6) is 0 Å². The van der Waals surface area contributed by atoms with Crippen molar-refractivity contribution >= 4 is 34.7 Å². The molecule has 1 amide bonds. The highest BCUT2D eigenvalue weighted by Gasteiger charge is 2.31. The quantitative estimate of drug-likeness (QED) is 0.832. The molecule has 0 spiro atoms. The molecule has 0 bridgehead atoms. The van der Waals surface area contributed by atoms with Crippen molar-refractivity contribution in [3.8, 4) is 0 Å². The second-order valence-corrected chi connectivity index (χ2v) is 5.91. The van der Waals surface area contributed by atoms with E-state index in [1.807, 2.05) is 11.9 Å². The number of aliphatic hydroxyl groups is 1. The molecule has 1 saturated carbocycles. The average molecular weight is 295 g/mol. The van der Waals surface area contributed by atoms with E-state index in [-0.39, 0.29) is 6.10 Å². The lowest BCUT2D eigenvalue weighted by atomic mass is 9.82.